The van der Waals surface area contributed by atoms with Gasteiger partial charge in [0.25, 0.3) is 5.91 Å². The van der Waals surface area contributed by atoms with Crippen LogP contribution in [0.15, 0.2) is 59.8 Å². The highest BCUT2D eigenvalue weighted by atomic mass is 16.6. The zero-order valence-electron chi connectivity index (χ0n) is 12.1. The summed E-state index contributed by atoms with van der Waals surface area (Å²) >= 11 is 0. The van der Waals surface area contributed by atoms with Gasteiger partial charge in [0.05, 0.1) is 6.21 Å². The van der Waals surface area contributed by atoms with Crippen LogP contribution in [0.25, 0.3) is 0 Å². The normalized spacial score (nSPS) is 12.1. The van der Waals surface area contributed by atoms with Gasteiger partial charge in [0.1, 0.15) is 0 Å². The van der Waals surface area contributed by atoms with Crippen LogP contribution in [0.4, 0.5) is 5.69 Å². The van der Waals surface area contributed by atoms with Crippen molar-refractivity contribution in [3.8, 4) is 0 Å². The van der Waals surface area contributed by atoms with Crippen molar-refractivity contribution in [2.24, 2.45) is 5.16 Å². The van der Waals surface area contributed by atoms with E-state index in [1.807, 2.05) is 61.5 Å². The first kappa shape index (κ1) is 14.8. The quantitative estimate of drug-likeness (QED) is 0.675. The minimum Gasteiger partial charge on any atom is -0.383 e. The number of nitrogens with zero attached hydrogens (tertiary/aromatic N) is 1. The van der Waals surface area contributed by atoms with Gasteiger partial charge in [0.15, 0.2) is 0 Å². The Morgan fingerprint density at radius 2 is 1.81 bits per heavy atom. The largest absolute Gasteiger partial charge is 0.383 e. The SMILES string of the molecule is Cc1ccccc1/C=N\O[C@H](C)C(=O)Nc1ccccc1. The molecule has 0 spiro atoms. The maximum atomic E-state index is 11.9. The molecule has 1 amide bonds. The van der Waals surface area contributed by atoms with Crippen molar-refractivity contribution in [2.45, 2.75) is 20.0 Å². The number of hydrogen-bond donors (Lipinski definition) is 1. The van der Waals surface area contributed by atoms with Crippen LogP contribution in [-0.2, 0) is 9.63 Å². The predicted octanol–water partition coefficient (Wildman–Crippen LogP) is 3.37. The van der Waals surface area contributed by atoms with E-state index in [2.05, 4.69) is 10.5 Å². The number of oxime groups is 1. The lowest BCUT2D eigenvalue weighted by molar-refractivity contribution is -0.126. The Bertz CT molecular complexity index is 624. The third-order valence-electron chi connectivity index (χ3n) is 3.01. The zero-order valence-corrected chi connectivity index (χ0v) is 12.1. The lowest BCUT2D eigenvalue weighted by Crippen LogP contribution is -2.26. The fourth-order valence-electron chi connectivity index (χ4n) is 1.72. The highest BCUT2D eigenvalue weighted by Gasteiger charge is 2.13. The third kappa shape index (κ3) is 4.45. The second-order valence-electron chi connectivity index (χ2n) is 4.69. The molecule has 0 unspecified atom stereocenters. The first-order chi connectivity index (χ1) is 10.2. The Labute approximate surface area is 124 Å². The molecule has 0 saturated heterocycles. The molecule has 0 saturated carbocycles. The molecule has 0 aliphatic heterocycles. The molecule has 1 N–H and O–H groups in total. The van der Waals surface area contributed by atoms with E-state index in [9.17, 15) is 4.79 Å². The molecule has 0 aromatic heterocycles. The summed E-state index contributed by atoms with van der Waals surface area (Å²) in [5.41, 5.74) is 2.81. The fraction of sp³-hybridized carbons (Fsp3) is 0.176. The van der Waals surface area contributed by atoms with Crippen LogP contribution >= 0.6 is 0 Å². The summed E-state index contributed by atoms with van der Waals surface area (Å²) < 4.78 is 0. The van der Waals surface area contributed by atoms with E-state index in [1.54, 1.807) is 13.1 Å². The zero-order chi connectivity index (χ0) is 15.1. The first-order valence-electron chi connectivity index (χ1n) is 6.77. The summed E-state index contributed by atoms with van der Waals surface area (Å²) in [5, 5.41) is 6.64. The fourth-order valence-corrected chi connectivity index (χ4v) is 1.72. The molecule has 0 heterocycles. The summed E-state index contributed by atoms with van der Waals surface area (Å²) in [6.45, 7) is 3.65. The Morgan fingerprint density at radius 3 is 2.52 bits per heavy atom. The van der Waals surface area contributed by atoms with Crippen molar-refractivity contribution in [1.29, 1.82) is 0 Å². The second kappa shape index (κ2) is 7.24. The molecule has 4 nitrogen and oxygen atoms in total. The molecule has 4 heteroatoms. The number of carbonyl (C=O) groups excluding carboxylic acids is 1. The maximum absolute atomic E-state index is 11.9. The molecule has 2 rings (SSSR count). The molecule has 2 aromatic carbocycles. The van der Waals surface area contributed by atoms with Gasteiger partial charge < -0.3 is 10.2 Å². The van der Waals surface area contributed by atoms with Crippen LogP contribution in [0.2, 0.25) is 0 Å². The van der Waals surface area contributed by atoms with Crippen molar-refractivity contribution in [1.82, 2.24) is 0 Å². The summed E-state index contributed by atoms with van der Waals surface area (Å²) in [6, 6.07) is 17.1. The molecular formula is C17H18N2O2. The van der Waals surface area contributed by atoms with Gasteiger partial charge in [-0.2, -0.15) is 0 Å². The molecule has 0 aliphatic rings. The standard InChI is InChI=1S/C17H18N2O2/c1-13-8-6-7-9-15(13)12-18-21-14(2)17(20)19-16-10-4-3-5-11-16/h3-12,14H,1-2H3,(H,19,20)/b18-12-/t14-/m1/s1. The lowest BCUT2D eigenvalue weighted by atomic mass is 10.1. The van der Waals surface area contributed by atoms with E-state index in [4.69, 9.17) is 4.84 Å². The van der Waals surface area contributed by atoms with E-state index in [0.29, 0.717) is 0 Å². The van der Waals surface area contributed by atoms with Crippen molar-refractivity contribution in [3.05, 3.63) is 65.7 Å². The lowest BCUT2D eigenvalue weighted by Gasteiger charge is -2.10. The minimum atomic E-state index is -0.662. The topological polar surface area (TPSA) is 50.7 Å². The van der Waals surface area contributed by atoms with Gasteiger partial charge in [-0.15, -0.1) is 0 Å². The second-order valence-corrected chi connectivity index (χ2v) is 4.69. The van der Waals surface area contributed by atoms with Gasteiger partial charge in [0, 0.05) is 5.69 Å². The van der Waals surface area contributed by atoms with Crippen LogP contribution in [0, 0.1) is 6.92 Å². The monoisotopic (exact) mass is 282 g/mol. The van der Waals surface area contributed by atoms with Crippen LogP contribution in [0.5, 0.6) is 0 Å². The number of hydrogen-bond acceptors (Lipinski definition) is 3. The smallest absolute Gasteiger partial charge is 0.267 e. The predicted molar refractivity (Wildman–Crippen MR) is 84.4 cm³/mol. The number of carbonyl (C=O) groups is 1. The molecule has 1 atom stereocenters. The molecule has 0 radical (unpaired) electrons. The molecular weight excluding hydrogens is 264 g/mol. The van der Waals surface area contributed by atoms with E-state index in [1.165, 1.54) is 0 Å². The number of rotatable bonds is 5. The van der Waals surface area contributed by atoms with Crippen LogP contribution < -0.4 is 5.32 Å². The molecule has 21 heavy (non-hydrogen) atoms. The van der Waals surface area contributed by atoms with Crippen molar-refractivity contribution >= 4 is 17.8 Å². The van der Waals surface area contributed by atoms with Gasteiger partial charge in [-0.05, 0) is 37.1 Å². The molecule has 0 fully saturated rings. The Balaban J connectivity index is 1.88. The molecule has 0 bridgehead atoms. The molecule has 0 aliphatic carbocycles. The Hall–Kier alpha value is -2.62. The maximum Gasteiger partial charge on any atom is 0.267 e. The third-order valence-corrected chi connectivity index (χ3v) is 3.01. The van der Waals surface area contributed by atoms with Gasteiger partial charge in [-0.3, -0.25) is 4.79 Å². The highest BCUT2D eigenvalue weighted by molar-refractivity contribution is 5.93. The summed E-state index contributed by atoms with van der Waals surface area (Å²) in [7, 11) is 0. The first-order valence-corrected chi connectivity index (χ1v) is 6.77. The number of nitrogens with one attached hydrogen (secondary N) is 1. The van der Waals surface area contributed by atoms with E-state index >= 15 is 0 Å². The Morgan fingerprint density at radius 1 is 1.14 bits per heavy atom. The number of benzene rings is 2. The summed E-state index contributed by atoms with van der Waals surface area (Å²) in [5.74, 6) is -0.233. The molecule has 2 aromatic rings. The average molecular weight is 282 g/mol. The van der Waals surface area contributed by atoms with E-state index < -0.39 is 6.10 Å². The van der Waals surface area contributed by atoms with Crippen LogP contribution in [0.3, 0.4) is 0 Å². The average Bonchev–Trinajstić information content (AvgIpc) is 2.50. The van der Waals surface area contributed by atoms with Crippen molar-refractivity contribution in [3.63, 3.8) is 0 Å². The number of aryl methyl sites for hydroxylation is 1. The molecule has 108 valence electrons. The summed E-state index contributed by atoms with van der Waals surface area (Å²) in [6.07, 6.45) is 0.951. The van der Waals surface area contributed by atoms with Crippen LogP contribution in [0.1, 0.15) is 18.1 Å². The highest BCUT2D eigenvalue weighted by Crippen LogP contribution is 2.07. The number of para-hydroxylation sites is 1. The number of amides is 1. The minimum absolute atomic E-state index is 0.233. The number of anilines is 1. The Kier molecular flexibility index (Phi) is 5.10. The van der Waals surface area contributed by atoms with Crippen molar-refractivity contribution < 1.29 is 9.63 Å². The van der Waals surface area contributed by atoms with Gasteiger partial charge in [-0.25, -0.2) is 0 Å². The van der Waals surface area contributed by atoms with E-state index in [0.717, 1.165) is 16.8 Å². The van der Waals surface area contributed by atoms with Gasteiger partial charge in [0.2, 0.25) is 6.10 Å². The van der Waals surface area contributed by atoms with Gasteiger partial charge in [-0.1, -0.05) is 47.6 Å². The summed E-state index contributed by atoms with van der Waals surface area (Å²) in [4.78, 5) is 17.1. The van der Waals surface area contributed by atoms with Gasteiger partial charge >= 0.3 is 0 Å². The van der Waals surface area contributed by atoms with Crippen LogP contribution in [-0.4, -0.2) is 18.2 Å². The van der Waals surface area contributed by atoms with Crippen molar-refractivity contribution in [2.75, 3.05) is 5.32 Å². The van der Waals surface area contributed by atoms with E-state index in [-0.39, 0.29) is 5.91 Å².